The van der Waals surface area contributed by atoms with Crippen molar-refractivity contribution in [2.45, 2.75) is 32.0 Å². The summed E-state index contributed by atoms with van der Waals surface area (Å²) in [6, 6.07) is 5.30. The van der Waals surface area contributed by atoms with Gasteiger partial charge < -0.3 is 10.6 Å². The molecular weight excluding hydrogens is 367 g/mol. The Kier molecular flexibility index (Phi) is 4.79. The Labute approximate surface area is 159 Å². The Hall–Kier alpha value is -2.52. The smallest absolute Gasteiger partial charge is 0.230 e. The standard InChI is InChI=1S/C18H19FN6OS/c1-10-23-24-18(27-10)11-2-3-12-8-21-16(22-15(12)6-11)7-17(26)25-5-4-14(20)13(19)9-25/h2-3,6,8,13-14H,4-5,7,9,20H2,1H3/t13-,14+/m1/s1. The lowest BCUT2D eigenvalue weighted by Gasteiger charge is -2.32. The normalized spacial score (nSPS) is 20.2. The van der Waals surface area contributed by atoms with Gasteiger partial charge in [0.2, 0.25) is 5.91 Å². The Bertz CT molecular complexity index is 993. The highest BCUT2D eigenvalue weighted by Gasteiger charge is 2.29. The van der Waals surface area contributed by atoms with Crippen molar-refractivity contribution in [1.29, 1.82) is 0 Å². The van der Waals surface area contributed by atoms with E-state index in [1.807, 2.05) is 25.1 Å². The lowest BCUT2D eigenvalue weighted by molar-refractivity contribution is -0.132. The van der Waals surface area contributed by atoms with E-state index >= 15 is 0 Å². The molecule has 3 aromatic rings. The fourth-order valence-corrected chi connectivity index (χ4v) is 3.78. The molecule has 0 saturated carbocycles. The highest BCUT2D eigenvalue weighted by molar-refractivity contribution is 7.14. The maximum Gasteiger partial charge on any atom is 0.230 e. The van der Waals surface area contributed by atoms with Crippen LogP contribution in [-0.2, 0) is 11.2 Å². The number of fused-ring (bicyclic) bond motifs is 1. The predicted octanol–water partition coefficient (Wildman–Crippen LogP) is 1.90. The van der Waals surface area contributed by atoms with Crippen molar-refractivity contribution >= 4 is 28.1 Å². The summed E-state index contributed by atoms with van der Waals surface area (Å²) < 4.78 is 13.8. The van der Waals surface area contributed by atoms with Crippen molar-refractivity contribution in [3.8, 4) is 10.6 Å². The number of piperidine rings is 1. The minimum Gasteiger partial charge on any atom is -0.339 e. The van der Waals surface area contributed by atoms with Crippen LogP contribution in [0.2, 0.25) is 0 Å². The van der Waals surface area contributed by atoms with E-state index in [4.69, 9.17) is 5.73 Å². The van der Waals surface area contributed by atoms with Crippen molar-refractivity contribution in [2.75, 3.05) is 13.1 Å². The molecule has 4 rings (SSSR count). The van der Waals surface area contributed by atoms with Gasteiger partial charge in [0, 0.05) is 29.7 Å². The molecule has 1 amide bonds. The third-order valence-electron chi connectivity index (χ3n) is 4.66. The van der Waals surface area contributed by atoms with Crippen LogP contribution in [0.15, 0.2) is 24.4 Å². The van der Waals surface area contributed by atoms with Gasteiger partial charge in [-0.1, -0.05) is 23.5 Å². The number of aromatic nitrogens is 4. The van der Waals surface area contributed by atoms with E-state index in [9.17, 15) is 9.18 Å². The zero-order chi connectivity index (χ0) is 19.0. The summed E-state index contributed by atoms with van der Waals surface area (Å²) in [6.45, 7) is 2.41. The van der Waals surface area contributed by atoms with E-state index in [1.165, 1.54) is 16.2 Å². The lowest BCUT2D eigenvalue weighted by Crippen LogP contribution is -2.50. The molecule has 140 valence electrons. The van der Waals surface area contributed by atoms with Crippen molar-refractivity contribution < 1.29 is 9.18 Å². The van der Waals surface area contributed by atoms with Gasteiger partial charge in [0.1, 0.15) is 22.0 Å². The number of hydrogen-bond acceptors (Lipinski definition) is 7. The molecule has 9 heteroatoms. The Morgan fingerprint density at radius 2 is 2.26 bits per heavy atom. The number of carbonyl (C=O) groups is 1. The molecule has 0 aliphatic carbocycles. The molecule has 27 heavy (non-hydrogen) atoms. The highest BCUT2D eigenvalue weighted by atomic mass is 32.1. The third-order valence-corrected chi connectivity index (χ3v) is 5.55. The minimum atomic E-state index is -1.18. The van der Waals surface area contributed by atoms with Crippen molar-refractivity contribution in [3.63, 3.8) is 0 Å². The van der Waals surface area contributed by atoms with Gasteiger partial charge in [-0.05, 0) is 19.4 Å². The maximum atomic E-state index is 13.8. The molecule has 2 N–H and O–H groups in total. The molecule has 2 atom stereocenters. The van der Waals surface area contributed by atoms with E-state index in [2.05, 4.69) is 20.2 Å². The van der Waals surface area contributed by atoms with E-state index in [1.54, 1.807) is 6.20 Å². The monoisotopic (exact) mass is 386 g/mol. The second-order valence-electron chi connectivity index (χ2n) is 6.67. The topological polar surface area (TPSA) is 97.9 Å². The van der Waals surface area contributed by atoms with Gasteiger partial charge in [-0.3, -0.25) is 4.79 Å². The van der Waals surface area contributed by atoms with Gasteiger partial charge in [-0.15, -0.1) is 10.2 Å². The zero-order valence-corrected chi connectivity index (χ0v) is 15.6. The van der Waals surface area contributed by atoms with Gasteiger partial charge in [0.15, 0.2) is 0 Å². The SMILES string of the molecule is Cc1nnc(-c2ccc3cnc(CC(=O)N4CC[C@H](N)[C@H](F)C4)nc3c2)s1. The molecule has 1 fully saturated rings. The van der Waals surface area contributed by atoms with Gasteiger partial charge >= 0.3 is 0 Å². The molecule has 0 bridgehead atoms. The molecule has 2 aromatic heterocycles. The second-order valence-corrected chi connectivity index (χ2v) is 7.85. The highest BCUT2D eigenvalue weighted by Crippen LogP contribution is 2.26. The number of amides is 1. The molecule has 3 heterocycles. The molecule has 7 nitrogen and oxygen atoms in total. The number of hydrogen-bond donors (Lipinski definition) is 1. The third kappa shape index (κ3) is 3.79. The Balaban J connectivity index is 1.54. The molecular formula is C18H19FN6OS. The summed E-state index contributed by atoms with van der Waals surface area (Å²) >= 11 is 1.51. The molecule has 0 unspecified atom stereocenters. The van der Waals surface area contributed by atoms with Crippen LogP contribution in [0.3, 0.4) is 0 Å². The summed E-state index contributed by atoms with van der Waals surface area (Å²) in [6.07, 6.45) is 1.03. The van der Waals surface area contributed by atoms with E-state index in [-0.39, 0.29) is 18.9 Å². The van der Waals surface area contributed by atoms with Crippen LogP contribution >= 0.6 is 11.3 Å². The van der Waals surface area contributed by atoms with E-state index in [0.29, 0.717) is 18.8 Å². The number of aryl methyl sites for hydroxylation is 1. The molecule has 1 saturated heterocycles. The second kappa shape index (κ2) is 7.24. The van der Waals surface area contributed by atoms with Gasteiger partial charge in [-0.25, -0.2) is 14.4 Å². The van der Waals surface area contributed by atoms with Crippen LogP contribution in [0.5, 0.6) is 0 Å². The number of halogens is 1. The van der Waals surface area contributed by atoms with Crippen LogP contribution in [-0.4, -0.2) is 56.3 Å². The molecule has 0 radical (unpaired) electrons. The maximum absolute atomic E-state index is 13.8. The summed E-state index contributed by atoms with van der Waals surface area (Å²) in [5.74, 6) is 0.239. The average molecular weight is 386 g/mol. The lowest BCUT2D eigenvalue weighted by atomic mass is 10.0. The van der Waals surface area contributed by atoms with Crippen LogP contribution in [0.1, 0.15) is 17.3 Å². The van der Waals surface area contributed by atoms with Crippen LogP contribution in [0.4, 0.5) is 4.39 Å². The van der Waals surface area contributed by atoms with E-state index < -0.39 is 12.2 Å². The zero-order valence-electron chi connectivity index (χ0n) is 14.8. The largest absolute Gasteiger partial charge is 0.339 e. The first-order valence-electron chi connectivity index (χ1n) is 8.73. The summed E-state index contributed by atoms with van der Waals surface area (Å²) in [5.41, 5.74) is 7.34. The summed E-state index contributed by atoms with van der Waals surface area (Å²) in [7, 11) is 0. The first-order chi connectivity index (χ1) is 13.0. The number of likely N-dealkylation sites (tertiary alicyclic amines) is 1. The fraction of sp³-hybridized carbons (Fsp3) is 0.389. The molecule has 1 aromatic carbocycles. The van der Waals surface area contributed by atoms with Crippen molar-refractivity contribution in [1.82, 2.24) is 25.1 Å². The number of rotatable bonds is 3. The van der Waals surface area contributed by atoms with Crippen molar-refractivity contribution in [2.24, 2.45) is 5.73 Å². The number of carbonyl (C=O) groups excluding carboxylic acids is 1. The first kappa shape index (κ1) is 17.9. The number of nitrogens with two attached hydrogens (primary N) is 1. The predicted molar refractivity (Wildman–Crippen MR) is 101 cm³/mol. The molecule has 1 aliphatic rings. The van der Waals surface area contributed by atoms with E-state index in [0.717, 1.165) is 26.5 Å². The Morgan fingerprint density at radius 3 is 3.00 bits per heavy atom. The first-order valence-corrected chi connectivity index (χ1v) is 9.55. The fourth-order valence-electron chi connectivity index (χ4n) is 3.09. The summed E-state index contributed by atoms with van der Waals surface area (Å²) in [4.78, 5) is 22.8. The van der Waals surface area contributed by atoms with Crippen LogP contribution in [0, 0.1) is 6.92 Å². The Morgan fingerprint density at radius 1 is 1.41 bits per heavy atom. The van der Waals surface area contributed by atoms with Gasteiger partial charge in [-0.2, -0.15) is 0 Å². The number of benzene rings is 1. The summed E-state index contributed by atoms with van der Waals surface area (Å²) in [5, 5.41) is 10.8. The molecule has 1 aliphatic heterocycles. The van der Waals surface area contributed by atoms with Gasteiger partial charge in [0.25, 0.3) is 0 Å². The quantitative estimate of drug-likeness (QED) is 0.738. The van der Waals surface area contributed by atoms with Crippen molar-refractivity contribution in [3.05, 3.63) is 35.2 Å². The molecule has 0 spiro atoms. The van der Waals surface area contributed by atoms with Gasteiger partial charge in [0.05, 0.1) is 18.5 Å². The van der Waals surface area contributed by atoms with Crippen LogP contribution in [0.25, 0.3) is 21.5 Å². The average Bonchev–Trinajstić information content (AvgIpc) is 3.09. The minimum absolute atomic E-state index is 0.0358. The van der Waals surface area contributed by atoms with Crippen LogP contribution < -0.4 is 5.73 Å². The number of alkyl halides is 1. The number of nitrogens with zero attached hydrogens (tertiary/aromatic N) is 5.